The number of nitrogen functional groups attached to an aromatic ring is 1. The molecule has 0 fully saturated rings. The number of nitrogens with two attached hydrogens (primary N) is 1. The molecule has 0 unspecified atom stereocenters. The van der Waals surface area contributed by atoms with Gasteiger partial charge in [-0.1, -0.05) is 0 Å². The summed E-state index contributed by atoms with van der Waals surface area (Å²) >= 11 is 1.65. The number of esters is 1. The Labute approximate surface area is 105 Å². The van der Waals surface area contributed by atoms with E-state index in [1.165, 1.54) is 7.11 Å². The highest BCUT2D eigenvalue weighted by atomic mass is 32.2. The number of carbonyl (C=O) groups is 1. The number of thioether (sulfide) groups is 1. The van der Waals surface area contributed by atoms with Crippen molar-refractivity contribution in [2.24, 2.45) is 0 Å². The summed E-state index contributed by atoms with van der Waals surface area (Å²) < 4.78 is 9.81. The van der Waals surface area contributed by atoms with Gasteiger partial charge in [0.2, 0.25) is 0 Å². The Kier molecular flexibility index (Phi) is 5.69. The molecule has 2 N–H and O–H groups in total. The van der Waals surface area contributed by atoms with E-state index in [2.05, 4.69) is 4.74 Å². The molecule has 0 aliphatic carbocycles. The predicted molar refractivity (Wildman–Crippen MR) is 70.2 cm³/mol. The van der Waals surface area contributed by atoms with Gasteiger partial charge < -0.3 is 15.2 Å². The third-order valence-corrected chi connectivity index (χ3v) is 3.25. The number of methoxy groups -OCH3 is 2. The van der Waals surface area contributed by atoms with E-state index in [1.807, 2.05) is 12.1 Å². The molecule has 1 aromatic rings. The van der Waals surface area contributed by atoms with Gasteiger partial charge in [0.1, 0.15) is 5.75 Å². The van der Waals surface area contributed by atoms with E-state index in [1.54, 1.807) is 24.9 Å². The van der Waals surface area contributed by atoms with E-state index < -0.39 is 0 Å². The van der Waals surface area contributed by atoms with Crippen LogP contribution in [0.5, 0.6) is 5.75 Å². The van der Waals surface area contributed by atoms with Crippen LogP contribution in [0.3, 0.4) is 0 Å². The summed E-state index contributed by atoms with van der Waals surface area (Å²) in [4.78, 5) is 10.9. The van der Waals surface area contributed by atoms with Gasteiger partial charge in [0.25, 0.3) is 0 Å². The summed E-state index contributed by atoms with van der Waals surface area (Å²) in [5.74, 6) is 2.14. The number of benzene rings is 1. The fraction of sp³-hybridized carbons (Fsp3) is 0.417. The first-order valence-corrected chi connectivity index (χ1v) is 6.39. The van der Waals surface area contributed by atoms with Crippen molar-refractivity contribution in [3.05, 3.63) is 23.8 Å². The van der Waals surface area contributed by atoms with Crippen molar-refractivity contribution in [2.45, 2.75) is 12.2 Å². The first kappa shape index (κ1) is 13.7. The summed E-state index contributed by atoms with van der Waals surface area (Å²) in [6.07, 6.45) is 0.422. The van der Waals surface area contributed by atoms with Crippen LogP contribution in [0.15, 0.2) is 18.2 Å². The molecule has 0 saturated heterocycles. The van der Waals surface area contributed by atoms with Crippen molar-refractivity contribution in [3.63, 3.8) is 0 Å². The van der Waals surface area contributed by atoms with E-state index in [4.69, 9.17) is 10.5 Å². The minimum Gasteiger partial charge on any atom is -0.496 e. The lowest BCUT2D eigenvalue weighted by Crippen LogP contribution is -2.01. The second kappa shape index (κ2) is 7.06. The van der Waals surface area contributed by atoms with Crippen LogP contribution >= 0.6 is 11.8 Å². The molecule has 4 nitrogen and oxygen atoms in total. The molecular formula is C12H17NO3S. The van der Waals surface area contributed by atoms with Crippen molar-refractivity contribution >= 4 is 23.4 Å². The first-order valence-electron chi connectivity index (χ1n) is 5.24. The van der Waals surface area contributed by atoms with Gasteiger partial charge >= 0.3 is 5.97 Å². The molecule has 0 heterocycles. The van der Waals surface area contributed by atoms with Gasteiger partial charge in [-0.25, -0.2) is 0 Å². The molecule has 0 bridgehead atoms. The Morgan fingerprint density at radius 2 is 2.18 bits per heavy atom. The van der Waals surface area contributed by atoms with Gasteiger partial charge in [-0.3, -0.25) is 4.79 Å². The fourth-order valence-electron chi connectivity index (χ4n) is 1.35. The van der Waals surface area contributed by atoms with Crippen molar-refractivity contribution < 1.29 is 14.3 Å². The molecule has 1 aromatic carbocycles. The standard InChI is InChI=1S/C12H17NO3S/c1-15-11-4-3-10(13)7-9(11)8-17-6-5-12(14)16-2/h3-4,7H,5-6,8,13H2,1-2H3. The highest BCUT2D eigenvalue weighted by Crippen LogP contribution is 2.25. The zero-order valence-electron chi connectivity index (χ0n) is 10.1. The Hall–Kier alpha value is -1.36. The quantitative estimate of drug-likeness (QED) is 0.479. The average molecular weight is 255 g/mol. The van der Waals surface area contributed by atoms with Crippen LogP contribution in [0.25, 0.3) is 0 Å². The van der Waals surface area contributed by atoms with E-state index in [0.717, 1.165) is 28.5 Å². The van der Waals surface area contributed by atoms with Crippen molar-refractivity contribution in [3.8, 4) is 5.75 Å². The molecule has 0 amide bonds. The Bertz CT molecular complexity index is 382. The predicted octanol–water partition coefficient (Wildman–Crippen LogP) is 2.07. The summed E-state index contributed by atoms with van der Waals surface area (Å²) in [5, 5.41) is 0. The minimum absolute atomic E-state index is 0.183. The number of hydrogen-bond acceptors (Lipinski definition) is 5. The molecule has 17 heavy (non-hydrogen) atoms. The van der Waals surface area contributed by atoms with Crippen LogP contribution in [0.1, 0.15) is 12.0 Å². The average Bonchev–Trinajstić information content (AvgIpc) is 2.34. The van der Waals surface area contributed by atoms with E-state index >= 15 is 0 Å². The molecule has 5 heteroatoms. The van der Waals surface area contributed by atoms with Gasteiger partial charge in [-0.05, 0) is 18.2 Å². The minimum atomic E-state index is -0.183. The number of ether oxygens (including phenoxy) is 2. The zero-order valence-corrected chi connectivity index (χ0v) is 10.9. The topological polar surface area (TPSA) is 61.5 Å². The smallest absolute Gasteiger partial charge is 0.306 e. The molecule has 1 rings (SSSR count). The molecular weight excluding hydrogens is 238 g/mol. The van der Waals surface area contributed by atoms with Crippen LogP contribution in [-0.4, -0.2) is 25.9 Å². The molecule has 0 spiro atoms. The Morgan fingerprint density at radius 1 is 1.41 bits per heavy atom. The first-order chi connectivity index (χ1) is 8.17. The largest absolute Gasteiger partial charge is 0.496 e. The molecule has 0 aromatic heterocycles. The second-order valence-electron chi connectivity index (χ2n) is 3.45. The lowest BCUT2D eigenvalue weighted by Gasteiger charge is -2.08. The SMILES string of the molecule is COC(=O)CCSCc1cc(N)ccc1OC. The monoisotopic (exact) mass is 255 g/mol. The molecule has 0 aliphatic rings. The van der Waals surface area contributed by atoms with Gasteiger partial charge in [-0.2, -0.15) is 11.8 Å². The maximum Gasteiger partial charge on any atom is 0.306 e. The third kappa shape index (κ3) is 4.56. The molecule has 0 aliphatic heterocycles. The van der Waals surface area contributed by atoms with Crippen LogP contribution in [0.4, 0.5) is 5.69 Å². The lowest BCUT2D eigenvalue weighted by atomic mass is 10.2. The fourth-order valence-corrected chi connectivity index (χ4v) is 2.25. The van der Waals surface area contributed by atoms with Gasteiger partial charge in [0.05, 0.1) is 20.6 Å². The summed E-state index contributed by atoms with van der Waals surface area (Å²) in [6.45, 7) is 0. The van der Waals surface area contributed by atoms with Gasteiger partial charge in [0, 0.05) is 22.8 Å². The lowest BCUT2D eigenvalue weighted by molar-refractivity contribution is -0.140. The number of rotatable bonds is 6. The van der Waals surface area contributed by atoms with Gasteiger partial charge in [0.15, 0.2) is 0 Å². The van der Waals surface area contributed by atoms with Crippen LogP contribution in [0, 0.1) is 0 Å². The van der Waals surface area contributed by atoms with E-state index in [-0.39, 0.29) is 5.97 Å². The van der Waals surface area contributed by atoms with E-state index in [9.17, 15) is 4.79 Å². The molecule has 0 atom stereocenters. The van der Waals surface area contributed by atoms with Crippen molar-refractivity contribution in [1.29, 1.82) is 0 Å². The maximum absolute atomic E-state index is 10.9. The second-order valence-corrected chi connectivity index (χ2v) is 4.56. The van der Waals surface area contributed by atoms with Crippen LogP contribution < -0.4 is 10.5 Å². The van der Waals surface area contributed by atoms with E-state index in [0.29, 0.717) is 6.42 Å². The summed E-state index contributed by atoms with van der Waals surface area (Å²) in [6, 6.07) is 5.55. The molecule has 0 radical (unpaired) electrons. The highest BCUT2D eigenvalue weighted by molar-refractivity contribution is 7.98. The Morgan fingerprint density at radius 3 is 2.82 bits per heavy atom. The molecule has 94 valence electrons. The third-order valence-electron chi connectivity index (χ3n) is 2.24. The Balaban J connectivity index is 2.45. The maximum atomic E-state index is 10.9. The summed E-state index contributed by atoms with van der Waals surface area (Å²) in [7, 11) is 3.03. The zero-order chi connectivity index (χ0) is 12.7. The van der Waals surface area contributed by atoms with Crippen molar-refractivity contribution in [1.82, 2.24) is 0 Å². The summed E-state index contributed by atoms with van der Waals surface area (Å²) in [5.41, 5.74) is 7.48. The normalized spacial score (nSPS) is 10.0. The molecule has 0 saturated carbocycles. The van der Waals surface area contributed by atoms with Gasteiger partial charge in [-0.15, -0.1) is 0 Å². The van der Waals surface area contributed by atoms with Crippen LogP contribution in [-0.2, 0) is 15.3 Å². The van der Waals surface area contributed by atoms with Crippen molar-refractivity contribution in [2.75, 3.05) is 25.7 Å². The number of hydrogen-bond donors (Lipinski definition) is 1. The number of carbonyl (C=O) groups excluding carboxylic acids is 1. The highest BCUT2D eigenvalue weighted by Gasteiger charge is 2.05. The number of anilines is 1. The van der Waals surface area contributed by atoms with Crippen LogP contribution in [0.2, 0.25) is 0 Å².